The maximum absolute atomic E-state index is 14.3. The summed E-state index contributed by atoms with van der Waals surface area (Å²) in [7, 11) is 1.67. The van der Waals surface area contributed by atoms with Crippen molar-refractivity contribution in [2.45, 2.75) is 98.5 Å². The van der Waals surface area contributed by atoms with Crippen molar-refractivity contribution in [3.05, 3.63) is 71.5 Å². The van der Waals surface area contributed by atoms with Gasteiger partial charge in [-0.2, -0.15) is 0 Å². The van der Waals surface area contributed by atoms with Crippen LogP contribution in [0.1, 0.15) is 71.1 Å². The van der Waals surface area contributed by atoms with Gasteiger partial charge in [-0.1, -0.05) is 39.8 Å². The van der Waals surface area contributed by atoms with Crippen LogP contribution in [0.25, 0.3) is 33.3 Å². The molecule has 6 bridgehead atoms. The Hall–Kier alpha value is -5.27. The van der Waals surface area contributed by atoms with Crippen molar-refractivity contribution in [2.24, 2.45) is 11.3 Å². The number of aromatic nitrogens is 2. The predicted molar refractivity (Wildman–Crippen MR) is 213 cm³/mol. The van der Waals surface area contributed by atoms with E-state index in [1.165, 1.54) is 11.9 Å². The average molecular weight is 767 g/mol. The van der Waals surface area contributed by atoms with E-state index in [9.17, 15) is 24.3 Å². The largest absolute Gasteiger partial charge is 0.508 e. The summed E-state index contributed by atoms with van der Waals surface area (Å²) in [4.78, 5) is 58.3. The lowest BCUT2D eigenvalue weighted by molar-refractivity contribution is -0.155. The van der Waals surface area contributed by atoms with E-state index in [2.05, 4.69) is 58.5 Å². The number of benzene rings is 2. The van der Waals surface area contributed by atoms with Crippen LogP contribution in [0, 0.1) is 11.3 Å². The maximum Gasteiger partial charge on any atom is 0.324 e. The molecular weight excluding hydrogens is 713 g/mol. The second-order valence-corrected chi connectivity index (χ2v) is 16.1. The minimum atomic E-state index is -1.09. The van der Waals surface area contributed by atoms with E-state index in [1.54, 1.807) is 25.4 Å². The summed E-state index contributed by atoms with van der Waals surface area (Å²) in [5.74, 6) is -2.04. The van der Waals surface area contributed by atoms with E-state index in [4.69, 9.17) is 9.47 Å². The zero-order valence-corrected chi connectivity index (χ0v) is 33.4. The molecule has 1 saturated heterocycles. The third-order valence-corrected chi connectivity index (χ3v) is 10.6. The molecule has 3 amide bonds. The summed E-state index contributed by atoms with van der Waals surface area (Å²) in [5, 5.41) is 19.1. The lowest BCUT2D eigenvalue weighted by Gasteiger charge is -2.36. The lowest BCUT2D eigenvalue weighted by Crippen LogP contribution is -2.62. The summed E-state index contributed by atoms with van der Waals surface area (Å²) >= 11 is 0. The number of methoxy groups -OCH3 is 1. The highest BCUT2D eigenvalue weighted by molar-refractivity contribution is 5.96. The quantitative estimate of drug-likeness (QED) is 0.180. The van der Waals surface area contributed by atoms with Crippen molar-refractivity contribution >= 4 is 34.6 Å². The smallest absolute Gasteiger partial charge is 0.324 e. The summed E-state index contributed by atoms with van der Waals surface area (Å²) in [5.41, 5.74) is 9.85. The first-order valence-corrected chi connectivity index (χ1v) is 19.4. The zero-order chi connectivity index (χ0) is 40.3. The molecular formula is C43H54N6O7. The zero-order valence-electron chi connectivity index (χ0n) is 33.4. The Bertz CT molecular complexity index is 2120. The van der Waals surface area contributed by atoms with Gasteiger partial charge in [0, 0.05) is 67.8 Å². The standard InChI is InChI=1S/C43H54N6O7/c1-8-48-37-12-11-28-20-32(37)33(39(48)34-22-44-14-13-29(34)23-55-7)21-43(5,6)24-56-42(54)35-10-9-15-49(47-35)41(53)36(18-27-16-30(28)19-31(51)17-27)46-40(52)38(25(2)3)45-26(4)50/h11-14,16-17,19-20,22,25,35-36,38,47,51H,8-10,15,18,21,23-24H2,1-7H3,(H,45,50)(H,46,52)/t35-,36-,38?/m0/s1. The van der Waals surface area contributed by atoms with Crippen molar-refractivity contribution in [1.29, 1.82) is 0 Å². The Morgan fingerprint density at radius 1 is 1.12 bits per heavy atom. The number of phenols is 1. The number of hydrazine groups is 1. The monoisotopic (exact) mass is 766 g/mol. The van der Waals surface area contributed by atoms with Crippen LogP contribution in [0.15, 0.2) is 54.9 Å². The van der Waals surface area contributed by atoms with E-state index < -0.39 is 41.3 Å². The molecule has 0 spiro atoms. The Balaban J connectivity index is 1.52. The van der Waals surface area contributed by atoms with E-state index in [-0.39, 0.29) is 30.6 Å². The van der Waals surface area contributed by atoms with Crippen LogP contribution in [0.3, 0.4) is 0 Å². The van der Waals surface area contributed by atoms with Gasteiger partial charge in [-0.25, -0.2) is 5.43 Å². The van der Waals surface area contributed by atoms with E-state index in [0.717, 1.165) is 44.4 Å². The number of pyridine rings is 1. The second-order valence-electron chi connectivity index (χ2n) is 16.1. The van der Waals surface area contributed by atoms with Crippen molar-refractivity contribution in [2.75, 3.05) is 20.3 Å². The molecule has 2 aromatic heterocycles. The minimum absolute atomic E-state index is 0.00878. The number of amides is 3. The normalized spacial score (nSPS) is 19.3. The molecule has 0 saturated carbocycles. The number of ether oxygens (including phenoxy) is 2. The number of nitrogens with zero attached hydrogens (tertiary/aromatic N) is 3. The fraction of sp³-hybridized carbons (Fsp3) is 0.465. The molecule has 2 aliphatic heterocycles. The van der Waals surface area contributed by atoms with Crippen LogP contribution in [0.2, 0.25) is 0 Å². The van der Waals surface area contributed by atoms with Crippen LogP contribution in [0.4, 0.5) is 0 Å². The number of hydrogen-bond acceptors (Lipinski definition) is 9. The molecule has 13 nitrogen and oxygen atoms in total. The number of fused-ring (bicyclic) bond motifs is 6. The molecule has 1 fully saturated rings. The predicted octanol–water partition coefficient (Wildman–Crippen LogP) is 5.05. The molecule has 0 aliphatic carbocycles. The topological polar surface area (TPSA) is 164 Å². The number of cyclic esters (lactones) is 1. The highest BCUT2D eigenvalue weighted by Gasteiger charge is 2.36. The SMILES string of the molecule is CCn1c(-c2cnccc2COC)c2c3cc(ccc31)-c1cc(O)cc(c1)C[C@H](NC(=O)C(NC(C)=O)C(C)C)C(=O)N1CCC[C@H](N1)C(=O)OCC(C)(C)C2. The molecule has 4 heterocycles. The number of aromatic hydroxyl groups is 1. The van der Waals surface area contributed by atoms with Crippen molar-refractivity contribution in [1.82, 2.24) is 30.6 Å². The molecule has 4 aromatic rings. The first-order valence-electron chi connectivity index (χ1n) is 19.4. The number of nitrogens with one attached hydrogen (secondary N) is 3. The minimum Gasteiger partial charge on any atom is -0.508 e. The number of esters is 1. The Morgan fingerprint density at radius 3 is 2.62 bits per heavy atom. The van der Waals surface area contributed by atoms with Gasteiger partial charge >= 0.3 is 5.97 Å². The van der Waals surface area contributed by atoms with Gasteiger partial charge in [0.2, 0.25) is 11.8 Å². The van der Waals surface area contributed by atoms with E-state index >= 15 is 0 Å². The Morgan fingerprint density at radius 2 is 1.91 bits per heavy atom. The van der Waals surface area contributed by atoms with Crippen LogP contribution < -0.4 is 16.1 Å². The van der Waals surface area contributed by atoms with E-state index in [1.807, 2.05) is 38.2 Å². The van der Waals surface area contributed by atoms with E-state index in [0.29, 0.717) is 44.5 Å². The van der Waals surface area contributed by atoms with Gasteiger partial charge in [-0.05, 0) is 90.3 Å². The number of hydrogen-bond donors (Lipinski definition) is 4. The number of carbonyl (C=O) groups excluding carboxylic acids is 4. The highest BCUT2D eigenvalue weighted by atomic mass is 16.5. The fourth-order valence-corrected chi connectivity index (χ4v) is 7.95. The molecule has 298 valence electrons. The highest BCUT2D eigenvalue weighted by Crippen LogP contribution is 2.41. The third-order valence-electron chi connectivity index (χ3n) is 10.6. The van der Waals surface area contributed by atoms with Crippen molar-refractivity contribution in [3.8, 4) is 28.1 Å². The van der Waals surface area contributed by atoms with Gasteiger partial charge in [0.05, 0.1) is 18.9 Å². The van der Waals surface area contributed by atoms with Crippen LogP contribution in [0.5, 0.6) is 5.75 Å². The van der Waals surface area contributed by atoms with Crippen LogP contribution >= 0.6 is 0 Å². The molecule has 2 aliphatic rings. The summed E-state index contributed by atoms with van der Waals surface area (Å²) in [6.07, 6.45) is 5.24. The van der Waals surface area contributed by atoms with Crippen LogP contribution in [-0.4, -0.2) is 81.7 Å². The first-order chi connectivity index (χ1) is 26.7. The average Bonchev–Trinajstić information content (AvgIpc) is 3.46. The lowest BCUT2D eigenvalue weighted by atomic mass is 9.84. The number of carbonyl (C=O) groups is 4. The molecule has 13 heteroatoms. The molecule has 3 atom stereocenters. The molecule has 1 unspecified atom stereocenters. The number of phenolic OH excluding ortho intramolecular Hbond substituents is 1. The summed E-state index contributed by atoms with van der Waals surface area (Å²) in [6, 6.07) is 10.7. The molecule has 6 rings (SSSR count). The Labute approximate surface area is 328 Å². The van der Waals surface area contributed by atoms with Gasteiger partial charge in [0.1, 0.15) is 23.9 Å². The fourth-order valence-electron chi connectivity index (χ4n) is 7.95. The van der Waals surface area contributed by atoms with Gasteiger partial charge < -0.3 is 29.8 Å². The van der Waals surface area contributed by atoms with Crippen molar-refractivity contribution < 1.29 is 33.8 Å². The second kappa shape index (κ2) is 16.8. The molecule has 56 heavy (non-hydrogen) atoms. The maximum atomic E-state index is 14.3. The molecule has 2 aromatic carbocycles. The summed E-state index contributed by atoms with van der Waals surface area (Å²) < 4.78 is 13.9. The van der Waals surface area contributed by atoms with Gasteiger partial charge in [-0.3, -0.25) is 29.2 Å². The van der Waals surface area contributed by atoms with Gasteiger partial charge in [0.25, 0.3) is 5.91 Å². The first kappa shape index (κ1) is 40.4. The number of rotatable bonds is 8. The summed E-state index contributed by atoms with van der Waals surface area (Å²) in [6.45, 7) is 12.7. The molecule has 4 N–H and O–H groups in total. The van der Waals surface area contributed by atoms with Gasteiger partial charge in [0.15, 0.2) is 0 Å². The van der Waals surface area contributed by atoms with Crippen molar-refractivity contribution in [3.63, 3.8) is 0 Å². The van der Waals surface area contributed by atoms with Gasteiger partial charge in [-0.15, -0.1) is 0 Å². The Kier molecular flexibility index (Phi) is 12.2. The molecule has 0 radical (unpaired) electrons. The third kappa shape index (κ3) is 8.74. The number of aryl methyl sites for hydroxylation is 1. The van der Waals surface area contributed by atoms with Crippen LogP contribution in [-0.2, 0) is 54.6 Å².